The summed E-state index contributed by atoms with van der Waals surface area (Å²) in [5.74, 6) is 1.03. The highest BCUT2D eigenvalue weighted by molar-refractivity contribution is 9.09. The van der Waals surface area contributed by atoms with Crippen molar-refractivity contribution in [2.45, 2.75) is 17.7 Å². The molecule has 2 rings (SSSR count). The fraction of sp³-hybridized carbons (Fsp3) is 0.500. The van der Waals surface area contributed by atoms with Gasteiger partial charge in [0.1, 0.15) is 5.75 Å². The van der Waals surface area contributed by atoms with Gasteiger partial charge in [-0.15, -0.1) is 11.8 Å². The topological polar surface area (TPSA) is 9.23 Å². The molecule has 0 amide bonds. The molecule has 1 aliphatic rings. The summed E-state index contributed by atoms with van der Waals surface area (Å²) in [7, 11) is 0. The van der Waals surface area contributed by atoms with Crippen LogP contribution in [0.2, 0.25) is 0 Å². The lowest BCUT2D eigenvalue weighted by Gasteiger charge is -2.14. The molecule has 1 saturated carbocycles. The van der Waals surface area contributed by atoms with Crippen LogP contribution in [-0.4, -0.2) is 18.2 Å². The average molecular weight is 287 g/mol. The van der Waals surface area contributed by atoms with Crippen LogP contribution in [0.5, 0.6) is 5.75 Å². The van der Waals surface area contributed by atoms with Crippen molar-refractivity contribution in [1.29, 1.82) is 0 Å². The van der Waals surface area contributed by atoms with Crippen molar-refractivity contribution in [1.82, 2.24) is 0 Å². The molecule has 0 bridgehead atoms. The van der Waals surface area contributed by atoms with Gasteiger partial charge in [-0.2, -0.15) is 0 Å². The molecule has 0 radical (unpaired) electrons. The Morgan fingerprint density at radius 1 is 1.40 bits per heavy atom. The molecule has 1 aromatic carbocycles. The molecular formula is C12H15BrOS. The number of ether oxygens (including phenoxy) is 1. The van der Waals surface area contributed by atoms with E-state index in [1.165, 1.54) is 17.7 Å². The molecular weight excluding hydrogens is 272 g/mol. The minimum Gasteiger partial charge on any atom is -0.492 e. The van der Waals surface area contributed by atoms with Gasteiger partial charge in [0, 0.05) is 15.6 Å². The van der Waals surface area contributed by atoms with Crippen LogP contribution < -0.4 is 4.74 Å². The highest BCUT2D eigenvalue weighted by Crippen LogP contribution is 2.47. The van der Waals surface area contributed by atoms with Gasteiger partial charge < -0.3 is 4.74 Å². The Morgan fingerprint density at radius 3 is 2.73 bits per heavy atom. The number of hydrogen-bond acceptors (Lipinski definition) is 2. The summed E-state index contributed by atoms with van der Waals surface area (Å²) in [4.78, 5) is 1.22. The second kappa shape index (κ2) is 4.79. The Bertz CT molecular complexity index is 336. The molecule has 0 aliphatic heterocycles. The van der Waals surface area contributed by atoms with E-state index in [-0.39, 0.29) is 0 Å². The molecule has 0 N–H and O–H groups in total. The molecule has 1 nitrogen and oxygen atoms in total. The van der Waals surface area contributed by atoms with Crippen LogP contribution in [-0.2, 0) is 0 Å². The third-order valence-electron chi connectivity index (χ3n) is 2.84. The maximum atomic E-state index is 5.90. The van der Waals surface area contributed by atoms with Crippen molar-refractivity contribution in [2.24, 2.45) is 5.41 Å². The first-order valence-corrected chi connectivity index (χ1v) is 7.46. The third-order valence-corrected chi connectivity index (χ3v) is 4.81. The van der Waals surface area contributed by atoms with Crippen LogP contribution in [0.4, 0.5) is 0 Å². The van der Waals surface area contributed by atoms with Crippen molar-refractivity contribution < 1.29 is 4.74 Å². The van der Waals surface area contributed by atoms with Crippen LogP contribution in [0.15, 0.2) is 29.2 Å². The Balaban J connectivity index is 1.98. The standard InChI is InChI=1S/C12H15BrOS/c1-15-11-5-3-2-4-10(11)14-9-12(8-13)6-7-12/h2-5H,6-9H2,1H3. The van der Waals surface area contributed by atoms with Gasteiger partial charge in [0.15, 0.2) is 0 Å². The van der Waals surface area contributed by atoms with Gasteiger partial charge in [-0.05, 0) is 31.2 Å². The summed E-state index contributed by atoms with van der Waals surface area (Å²) in [6.07, 6.45) is 4.67. The highest BCUT2D eigenvalue weighted by Gasteiger charge is 2.42. The molecule has 0 unspecified atom stereocenters. The monoisotopic (exact) mass is 286 g/mol. The minimum absolute atomic E-state index is 0.422. The van der Waals surface area contributed by atoms with Gasteiger partial charge in [0.25, 0.3) is 0 Å². The largest absolute Gasteiger partial charge is 0.492 e. The van der Waals surface area contributed by atoms with Crippen molar-refractivity contribution >= 4 is 27.7 Å². The molecule has 82 valence electrons. The summed E-state index contributed by atoms with van der Waals surface area (Å²) >= 11 is 5.29. The summed E-state index contributed by atoms with van der Waals surface area (Å²) in [5, 5.41) is 1.06. The van der Waals surface area contributed by atoms with E-state index in [9.17, 15) is 0 Å². The zero-order valence-electron chi connectivity index (χ0n) is 8.83. The SMILES string of the molecule is CSc1ccccc1OCC1(CBr)CC1. The van der Waals surface area contributed by atoms with Gasteiger partial charge in [-0.1, -0.05) is 28.1 Å². The van der Waals surface area contributed by atoms with Gasteiger partial charge in [-0.25, -0.2) is 0 Å². The maximum Gasteiger partial charge on any atom is 0.132 e. The van der Waals surface area contributed by atoms with Crippen molar-refractivity contribution in [3.63, 3.8) is 0 Å². The Morgan fingerprint density at radius 2 is 2.13 bits per heavy atom. The molecule has 3 heteroatoms. The molecule has 1 fully saturated rings. The second-order valence-corrected chi connectivity index (χ2v) is 5.48. The van der Waals surface area contributed by atoms with E-state index >= 15 is 0 Å². The summed E-state index contributed by atoms with van der Waals surface area (Å²) in [5.41, 5.74) is 0.422. The van der Waals surface area contributed by atoms with Gasteiger partial charge in [0.05, 0.1) is 6.61 Å². The molecule has 15 heavy (non-hydrogen) atoms. The fourth-order valence-electron chi connectivity index (χ4n) is 1.46. The van der Waals surface area contributed by atoms with Crippen molar-refractivity contribution in [3.8, 4) is 5.75 Å². The number of alkyl halides is 1. The smallest absolute Gasteiger partial charge is 0.132 e. The Kier molecular flexibility index (Phi) is 3.62. The van der Waals surface area contributed by atoms with Crippen molar-refractivity contribution in [3.05, 3.63) is 24.3 Å². The van der Waals surface area contributed by atoms with E-state index in [1.807, 2.05) is 6.07 Å². The Hall–Kier alpha value is -0.150. The lowest BCUT2D eigenvalue weighted by Crippen LogP contribution is -2.14. The number of rotatable bonds is 5. The van der Waals surface area contributed by atoms with Gasteiger partial charge >= 0.3 is 0 Å². The number of hydrogen-bond donors (Lipinski definition) is 0. The third kappa shape index (κ3) is 2.70. The maximum absolute atomic E-state index is 5.90. The van der Waals surface area contributed by atoms with Crippen LogP contribution in [0.3, 0.4) is 0 Å². The highest BCUT2D eigenvalue weighted by atomic mass is 79.9. The zero-order valence-corrected chi connectivity index (χ0v) is 11.2. The summed E-state index contributed by atoms with van der Waals surface area (Å²) in [6, 6.07) is 8.24. The number of halogens is 1. The zero-order chi connectivity index (χ0) is 10.7. The lowest BCUT2D eigenvalue weighted by atomic mass is 10.2. The molecule has 0 atom stereocenters. The fourth-order valence-corrected chi connectivity index (χ4v) is 2.73. The lowest BCUT2D eigenvalue weighted by molar-refractivity contribution is 0.246. The van der Waals surface area contributed by atoms with Crippen LogP contribution in [0.1, 0.15) is 12.8 Å². The molecule has 0 aromatic heterocycles. The van der Waals surface area contributed by atoms with E-state index in [2.05, 4.69) is 40.4 Å². The first-order chi connectivity index (χ1) is 7.29. The number of para-hydroxylation sites is 1. The van der Waals surface area contributed by atoms with E-state index in [4.69, 9.17) is 4.74 Å². The van der Waals surface area contributed by atoms with Crippen LogP contribution >= 0.6 is 27.7 Å². The van der Waals surface area contributed by atoms with E-state index in [0.29, 0.717) is 5.41 Å². The second-order valence-electron chi connectivity index (χ2n) is 4.07. The first-order valence-electron chi connectivity index (χ1n) is 5.11. The van der Waals surface area contributed by atoms with Crippen LogP contribution in [0, 0.1) is 5.41 Å². The molecule has 1 aromatic rings. The molecule has 0 heterocycles. The van der Waals surface area contributed by atoms with Gasteiger partial charge in [-0.3, -0.25) is 0 Å². The summed E-state index contributed by atoms with van der Waals surface area (Å²) < 4.78 is 5.90. The molecule has 0 saturated heterocycles. The van der Waals surface area contributed by atoms with Gasteiger partial charge in [0.2, 0.25) is 0 Å². The normalized spacial score (nSPS) is 17.5. The molecule has 0 spiro atoms. The molecule has 1 aliphatic carbocycles. The van der Waals surface area contributed by atoms with E-state index < -0.39 is 0 Å². The van der Waals surface area contributed by atoms with E-state index in [1.54, 1.807) is 11.8 Å². The predicted molar refractivity (Wildman–Crippen MR) is 69.2 cm³/mol. The number of benzene rings is 1. The van der Waals surface area contributed by atoms with E-state index in [0.717, 1.165) is 17.7 Å². The summed E-state index contributed by atoms with van der Waals surface area (Å²) in [6.45, 7) is 0.843. The van der Waals surface area contributed by atoms with Crippen molar-refractivity contribution in [2.75, 3.05) is 18.2 Å². The first kappa shape index (κ1) is 11.3. The average Bonchev–Trinajstić information content (AvgIpc) is 3.07. The predicted octanol–water partition coefficient (Wildman–Crippen LogP) is 3.96. The minimum atomic E-state index is 0.422. The number of thioether (sulfide) groups is 1. The van der Waals surface area contributed by atoms with Crippen LogP contribution in [0.25, 0.3) is 0 Å². The quantitative estimate of drug-likeness (QED) is 0.599. The Labute approximate surface area is 104 Å².